The van der Waals surface area contributed by atoms with Crippen molar-refractivity contribution >= 4 is 0 Å². The molecule has 1 unspecified atom stereocenters. The van der Waals surface area contributed by atoms with Gasteiger partial charge in [-0.05, 0) is 30.5 Å². The third kappa shape index (κ3) is 2.16. The highest BCUT2D eigenvalue weighted by atomic mass is 14.1. The number of hydrogen-bond donors (Lipinski definition) is 0. The van der Waals surface area contributed by atoms with Crippen LogP contribution in [-0.2, 0) is 0 Å². The van der Waals surface area contributed by atoms with Crippen LogP contribution in [0.15, 0.2) is 48.5 Å². The van der Waals surface area contributed by atoms with Crippen molar-refractivity contribution < 1.29 is 0 Å². The molecule has 1 atom stereocenters. The summed E-state index contributed by atoms with van der Waals surface area (Å²) in [5.74, 6) is 0.474. The standard InChI is InChI=1S/C16H18/c1-12-8-10-15(11-9-12)14(3)16-7-5-4-6-13(16)2/h4-11,14H,1-3H3. The Morgan fingerprint density at radius 1 is 0.812 bits per heavy atom. The van der Waals surface area contributed by atoms with Crippen molar-refractivity contribution in [1.82, 2.24) is 0 Å². The molecule has 0 fully saturated rings. The third-order valence-electron chi connectivity index (χ3n) is 3.23. The van der Waals surface area contributed by atoms with Gasteiger partial charge in [-0.1, -0.05) is 61.0 Å². The lowest BCUT2D eigenvalue weighted by Crippen LogP contribution is -1.98. The molecule has 0 radical (unpaired) electrons. The van der Waals surface area contributed by atoms with Crippen LogP contribution in [-0.4, -0.2) is 0 Å². The predicted octanol–water partition coefficient (Wildman–Crippen LogP) is 4.46. The van der Waals surface area contributed by atoms with Crippen molar-refractivity contribution in [3.63, 3.8) is 0 Å². The Bertz CT molecular complexity index is 466. The summed E-state index contributed by atoms with van der Waals surface area (Å²) in [6, 6.07) is 17.4. The van der Waals surface area contributed by atoms with E-state index in [-0.39, 0.29) is 0 Å². The zero-order valence-corrected chi connectivity index (χ0v) is 10.2. The van der Waals surface area contributed by atoms with Crippen LogP contribution in [0.2, 0.25) is 0 Å². The van der Waals surface area contributed by atoms with Gasteiger partial charge in [0.15, 0.2) is 0 Å². The van der Waals surface area contributed by atoms with E-state index in [1.807, 2.05) is 0 Å². The molecular formula is C16H18. The van der Waals surface area contributed by atoms with E-state index >= 15 is 0 Å². The predicted molar refractivity (Wildman–Crippen MR) is 69.9 cm³/mol. The molecule has 2 rings (SSSR count). The van der Waals surface area contributed by atoms with Gasteiger partial charge in [-0.3, -0.25) is 0 Å². The number of rotatable bonds is 2. The van der Waals surface area contributed by atoms with Crippen LogP contribution in [0, 0.1) is 13.8 Å². The Labute approximate surface area is 97.9 Å². The van der Waals surface area contributed by atoms with Gasteiger partial charge < -0.3 is 0 Å². The van der Waals surface area contributed by atoms with Crippen molar-refractivity contribution in [2.24, 2.45) is 0 Å². The molecule has 0 aliphatic rings. The second kappa shape index (κ2) is 4.52. The van der Waals surface area contributed by atoms with E-state index in [4.69, 9.17) is 0 Å². The number of aryl methyl sites for hydroxylation is 2. The van der Waals surface area contributed by atoms with E-state index in [1.165, 1.54) is 22.3 Å². The van der Waals surface area contributed by atoms with E-state index in [9.17, 15) is 0 Å². The molecule has 2 aromatic rings. The van der Waals surface area contributed by atoms with Gasteiger partial charge in [0.2, 0.25) is 0 Å². The average Bonchev–Trinajstić information content (AvgIpc) is 2.30. The van der Waals surface area contributed by atoms with Crippen LogP contribution in [0.5, 0.6) is 0 Å². The molecule has 0 heteroatoms. The maximum atomic E-state index is 2.27. The Hall–Kier alpha value is -1.56. The summed E-state index contributed by atoms with van der Waals surface area (Å²) in [6.45, 7) is 6.58. The topological polar surface area (TPSA) is 0 Å². The summed E-state index contributed by atoms with van der Waals surface area (Å²) >= 11 is 0. The van der Waals surface area contributed by atoms with Gasteiger partial charge in [0.1, 0.15) is 0 Å². The highest BCUT2D eigenvalue weighted by Gasteiger charge is 2.09. The van der Waals surface area contributed by atoms with Crippen LogP contribution in [0.3, 0.4) is 0 Å². The maximum Gasteiger partial charge on any atom is 0.00636 e. The molecule has 0 nitrogen and oxygen atoms in total. The van der Waals surface area contributed by atoms with Crippen LogP contribution in [0.4, 0.5) is 0 Å². The highest BCUT2D eigenvalue weighted by Crippen LogP contribution is 2.26. The van der Waals surface area contributed by atoms with Crippen molar-refractivity contribution in [3.8, 4) is 0 Å². The maximum absolute atomic E-state index is 2.27. The second-order valence-corrected chi connectivity index (χ2v) is 4.49. The minimum Gasteiger partial charge on any atom is -0.0620 e. The fourth-order valence-corrected chi connectivity index (χ4v) is 2.11. The summed E-state index contributed by atoms with van der Waals surface area (Å²) in [4.78, 5) is 0. The lowest BCUT2D eigenvalue weighted by Gasteiger charge is -2.15. The first kappa shape index (κ1) is 10.9. The average molecular weight is 210 g/mol. The van der Waals surface area contributed by atoms with Gasteiger partial charge in [0.05, 0.1) is 0 Å². The Morgan fingerprint density at radius 2 is 1.44 bits per heavy atom. The summed E-state index contributed by atoms with van der Waals surface area (Å²) in [5.41, 5.74) is 5.50. The van der Waals surface area contributed by atoms with Crippen molar-refractivity contribution in [1.29, 1.82) is 0 Å². The van der Waals surface area contributed by atoms with E-state index < -0.39 is 0 Å². The molecule has 0 saturated heterocycles. The first-order valence-corrected chi connectivity index (χ1v) is 5.80. The van der Waals surface area contributed by atoms with Crippen molar-refractivity contribution in [2.45, 2.75) is 26.7 Å². The summed E-state index contributed by atoms with van der Waals surface area (Å²) in [7, 11) is 0. The van der Waals surface area contributed by atoms with E-state index in [2.05, 4.69) is 69.3 Å². The molecule has 2 aromatic carbocycles. The second-order valence-electron chi connectivity index (χ2n) is 4.49. The minimum absolute atomic E-state index is 0.474. The molecule has 0 heterocycles. The summed E-state index contributed by atoms with van der Waals surface area (Å²) in [5, 5.41) is 0. The highest BCUT2D eigenvalue weighted by molar-refractivity contribution is 5.37. The van der Waals surface area contributed by atoms with Gasteiger partial charge in [-0.15, -0.1) is 0 Å². The number of hydrogen-bond acceptors (Lipinski definition) is 0. The Kier molecular flexibility index (Phi) is 3.09. The normalized spacial score (nSPS) is 12.4. The van der Waals surface area contributed by atoms with Crippen LogP contribution in [0.25, 0.3) is 0 Å². The molecule has 0 N–H and O–H groups in total. The Balaban J connectivity index is 2.35. The molecule has 16 heavy (non-hydrogen) atoms. The van der Waals surface area contributed by atoms with E-state index in [1.54, 1.807) is 0 Å². The molecule has 82 valence electrons. The van der Waals surface area contributed by atoms with Gasteiger partial charge in [0, 0.05) is 5.92 Å². The molecule has 0 bridgehead atoms. The van der Waals surface area contributed by atoms with Crippen molar-refractivity contribution in [2.75, 3.05) is 0 Å². The molecule has 0 aromatic heterocycles. The van der Waals surface area contributed by atoms with E-state index in [0.29, 0.717) is 5.92 Å². The van der Waals surface area contributed by atoms with Crippen LogP contribution < -0.4 is 0 Å². The molecule has 0 aliphatic heterocycles. The van der Waals surface area contributed by atoms with Crippen molar-refractivity contribution in [3.05, 3.63) is 70.8 Å². The first-order chi connectivity index (χ1) is 7.68. The smallest absolute Gasteiger partial charge is 0.00636 e. The lowest BCUT2D eigenvalue weighted by atomic mass is 9.90. The van der Waals surface area contributed by atoms with Gasteiger partial charge in [-0.2, -0.15) is 0 Å². The zero-order valence-electron chi connectivity index (χ0n) is 10.2. The van der Waals surface area contributed by atoms with Gasteiger partial charge >= 0.3 is 0 Å². The monoisotopic (exact) mass is 210 g/mol. The summed E-state index contributed by atoms with van der Waals surface area (Å²) < 4.78 is 0. The van der Waals surface area contributed by atoms with E-state index in [0.717, 1.165) is 0 Å². The molecular weight excluding hydrogens is 192 g/mol. The SMILES string of the molecule is Cc1ccc(C(C)c2ccccc2C)cc1. The largest absolute Gasteiger partial charge is 0.0620 e. The van der Waals surface area contributed by atoms with Gasteiger partial charge in [0.25, 0.3) is 0 Å². The number of benzene rings is 2. The van der Waals surface area contributed by atoms with Crippen LogP contribution in [0.1, 0.15) is 35.1 Å². The summed E-state index contributed by atoms with van der Waals surface area (Å²) in [6.07, 6.45) is 0. The fourth-order valence-electron chi connectivity index (χ4n) is 2.11. The molecule has 0 aliphatic carbocycles. The fraction of sp³-hybridized carbons (Fsp3) is 0.250. The lowest BCUT2D eigenvalue weighted by molar-refractivity contribution is 0.909. The molecule has 0 saturated carbocycles. The first-order valence-electron chi connectivity index (χ1n) is 5.80. The molecule has 0 spiro atoms. The Morgan fingerprint density at radius 3 is 2.06 bits per heavy atom. The van der Waals surface area contributed by atoms with Gasteiger partial charge in [-0.25, -0.2) is 0 Å². The molecule has 0 amide bonds. The quantitative estimate of drug-likeness (QED) is 0.686. The minimum atomic E-state index is 0.474. The zero-order chi connectivity index (χ0) is 11.5. The third-order valence-corrected chi connectivity index (χ3v) is 3.23. The van der Waals surface area contributed by atoms with Crippen LogP contribution >= 0.6 is 0 Å².